The molecule has 1 saturated heterocycles. The average molecular weight is 444 g/mol. The fraction of sp³-hybridized carbons (Fsp3) is 0.474. The van der Waals surface area contributed by atoms with Crippen LogP contribution in [0.25, 0.3) is 0 Å². The van der Waals surface area contributed by atoms with Gasteiger partial charge in [-0.3, -0.25) is 9.48 Å². The molecule has 1 fully saturated rings. The topological polar surface area (TPSA) is 84.3 Å². The minimum atomic E-state index is -4.86. The largest absolute Gasteiger partial charge is 0.409 e. The summed E-state index contributed by atoms with van der Waals surface area (Å²) in [7, 11) is -3.01. The first-order chi connectivity index (χ1) is 13.8. The first-order valence-electron chi connectivity index (χ1n) is 9.33. The number of nitrogens with zero attached hydrogens (tertiary/aromatic N) is 3. The smallest absolute Gasteiger partial charge is 0.312 e. The van der Waals surface area contributed by atoms with Gasteiger partial charge >= 0.3 is 6.18 Å². The Morgan fingerprint density at radius 3 is 2.33 bits per heavy atom. The quantitative estimate of drug-likeness (QED) is 0.768. The van der Waals surface area contributed by atoms with Crippen molar-refractivity contribution in [3.63, 3.8) is 0 Å². The van der Waals surface area contributed by atoms with E-state index in [9.17, 15) is 26.4 Å². The molecule has 2 aromatic rings. The first kappa shape index (κ1) is 22.3. The number of carbonyl (C=O) groups excluding carboxylic acids is 1. The van der Waals surface area contributed by atoms with Crippen LogP contribution in [0.2, 0.25) is 0 Å². The molecule has 1 aromatic heterocycles. The second-order valence-electron chi connectivity index (χ2n) is 7.40. The van der Waals surface area contributed by atoms with Gasteiger partial charge < -0.3 is 4.90 Å². The van der Waals surface area contributed by atoms with E-state index in [0.717, 1.165) is 0 Å². The molecule has 2 heterocycles. The Kier molecular flexibility index (Phi) is 5.72. The third-order valence-corrected chi connectivity index (χ3v) is 6.87. The van der Waals surface area contributed by atoms with Gasteiger partial charge in [-0.2, -0.15) is 23.0 Å². The highest BCUT2D eigenvalue weighted by Crippen LogP contribution is 2.37. The number of rotatable bonds is 5. The van der Waals surface area contributed by atoms with E-state index in [4.69, 9.17) is 0 Å². The normalized spacial score (nSPS) is 16.4. The van der Waals surface area contributed by atoms with Crippen LogP contribution in [-0.2, 0) is 21.9 Å². The van der Waals surface area contributed by atoms with Gasteiger partial charge in [0.1, 0.15) is 6.04 Å². The molecule has 0 radical (unpaired) electrons. The van der Waals surface area contributed by atoms with Gasteiger partial charge in [-0.1, -0.05) is 0 Å². The van der Waals surface area contributed by atoms with E-state index in [2.05, 4.69) is 5.10 Å². The summed E-state index contributed by atoms with van der Waals surface area (Å²) in [6.07, 6.45) is -3.74. The fourth-order valence-electron chi connectivity index (χ4n) is 3.74. The molecule has 0 aliphatic carbocycles. The minimum absolute atomic E-state index is 0.0669. The highest BCUT2D eigenvalue weighted by atomic mass is 32.2. The van der Waals surface area contributed by atoms with Crippen LogP contribution in [-0.4, -0.2) is 36.8 Å². The third-order valence-electron chi connectivity index (χ3n) is 5.29. The van der Waals surface area contributed by atoms with E-state index < -0.39 is 22.2 Å². The maximum Gasteiger partial charge on any atom is 0.409 e. The summed E-state index contributed by atoms with van der Waals surface area (Å²) in [5.41, 5.74) is 0.878. The molecule has 164 valence electrons. The van der Waals surface area contributed by atoms with Gasteiger partial charge in [0.05, 0.1) is 10.6 Å². The number of hydrogen-bond donors (Lipinski definition) is 1. The van der Waals surface area contributed by atoms with E-state index in [-0.39, 0.29) is 33.3 Å². The highest BCUT2D eigenvalue weighted by Gasteiger charge is 2.46. The van der Waals surface area contributed by atoms with Crippen LogP contribution in [0.4, 0.5) is 18.9 Å². The molecule has 1 amide bonds. The van der Waals surface area contributed by atoms with Gasteiger partial charge in [0.15, 0.2) is 0 Å². The lowest BCUT2D eigenvalue weighted by molar-refractivity contribution is -0.153. The van der Waals surface area contributed by atoms with Crippen molar-refractivity contribution in [1.82, 2.24) is 14.5 Å². The SMILES string of the molecule is Cc1cc(N2CCCC2=O)ccc1S(=O)(=O)N[C@H](c1c(C)nn(C)c1C)C(F)(F)F. The predicted molar refractivity (Wildman–Crippen MR) is 105 cm³/mol. The van der Waals surface area contributed by atoms with Crippen molar-refractivity contribution >= 4 is 21.6 Å². The second-order valence-corrected chi connectivity index (χ2v) is 9.09. The lowest BCUT2D eigenvalue weighted by Gasteiger charge is -2.23. The summed E-state index contributed by atoms with van der Waals surface area (Å²) in [6, 6.07) is 1.74. The van der Waals surface area contributed by atoms with Gasteiger partial charge in [0.2, 0.25) is 15.9 Å². The molecule has 11 heteroatoms. The minimum Gasteiger partial charge on any atom is -0.312 e. The first-order valence-corrected chi connectivity index (χ1v) is 10.8. The van der Waals surface area contributed by atoms with Gasteiger partial charge in [-0.15, -0.1) is 0 Å². The number of carbonyl (C=O) groups is 1. The van der Waals surface area contributed by atoms with Gasteiger partial charge in [-0.25, -0.2) is 8.42 Å². The van der Waals surface area contributed by atoms with Crippen molar-refractivity contribution in [3.05, 3.63) is 40.7 Å². The predicted octanol–water partition coefficient (Wildman–Crippen LogP) is 3.05. The zero-order valence-corrected chi connectivity index (χ0v) is 17.9. The number of aryl methyl sites for hydroxylation is 3. The monoisotopic (exact) mass is 444 g/mol. The van der Waals surface area contributed by atoms with E-state index in [1.54, 1.807) is 0 Å². The Balaban J connectivity index is 1.98. The molecule has 0 bridgehead atoms. The number of nitrogens with one attached hydrogen (secondary N) is 1. The van der Waals surface area contributed by atoms with Crippen LogP contribution in [0.15, 0.2) is 23.1 Å². The molecule has 0 spiro atoms. The standard InChI is InChI=1S/C19H23F3N4O3S/c1-11-10-14(26-9-5-6-16(26)27)7-8-15(11)30(28,29)24-18(19(20,21)22)17-12(2)23-25(4)13(17)3/h7-8,10,18,24H,5-6,9H2,1-4H3/t18-/m1/s1. The van der Waals surface area contributed by atoms with Crippen molar-refractivity contribution in [2.24, 2.45) is 7.05 Å². The number of aromatic nitrogens is 2. The maximum atomic E-state index is 13.8. The Labute approximate surface area is 172 Å². The van der Waals surface area contributed by atoms with Crippen LogP contribution in [0, 0.1) is 20.8 Å². The van der Waals surface area contributed by atoms with Crippen LogP contribution < -0.4 is 9.62 Å². The van der Waals surface area contributed by atoms with E-state index in [0.29, 0.717) is 25.1 Å². The molecule has 0 unspecified atom stereocenters. The lowest BCUT2D eigenvalue weighted by Crippen LogP contribution is -2.39. The van der Waals surface area contributed by atoms with Gasteiger partial charge in [-0.05, 0) is 51.0 Å². The Morgan fingerprint density at radius 1 is 1.20 bits per heavy atom. The molecular weight excluding hydrogens is 421 g/mol. The number of sulfonamides is 1. The third kappa shape index (κ3) is 4.08. The van der Waals surface area contributed by atoms with Crippen LogP contribution in [0.1, 0.15) is 41.4 Å². The average Bonchev–Trinajstić information content (AvgIpc) is 3.15. The zero-order valence-electron chi connectivity index (χ0n) is 17.0. The molecule has 30 heavy (non-hydrogen) atoms. The van der Waals surface area contributed by atoms with Gasteiger partial charge in [0, 0.05) is 37.0 Å². The summed E-state index contributed by atoms with van der Waals surface area (Å²) >= 11 is 0. The molecule has 1 aliphatic rings. The fourth-order valence-corrected chi connectivity index (χ4v) is 5.16. The van der Waals surface area contributed by atoms with Crippen LogP contribution in [0.5, 0.6) is 0 Å². The van der Waals surface area contributed by atoms with E-state index in [1.807, 2.05) is 4.72 Å². The maximum absolute atomic E-state index is 13.8. The number of amides is 1. The zero-order chi connectivity index (χ0) is 22.4. The summed E-state index contributed by atoms with van der Waals surface area (Å²) in [6.45, 7) is 4.87. The van der Waals surface area contributed by atoms with Crippen LogP contribution in [0.3, 0.4) is 0 Å². The van der Waals surface area contributed by atoms with Gasteiger partial charge in [0.25, 0.3) is 0 Å². The van der Waals surface area contributed by atoms with Crippen molar-refractivity contribution in [2.75, 3.05) is 11.4 Å². The van der Waals surface area contributed by atoms with Crippen molar-refractivity contribution in [3.8, 4) is 0 Å². The Morgan fingerprint density at radius 2 is 1.87 bits per heavy atom. The molecule has 7 nitrogen and oxygen atoms in total. The summed E-state index contributed by atoms with van der Waals surface area (Å²) in [5.74, 6) is -0.0669. The lowest BCUT2D eigenvalue weighted by atomic mass is 10.1. The number of benzene rings is 1. The summed E-state index contributed by atoms with van der Waals surface area (Å²) in [5, 5.41) is 3.97. The molecule has 0 saturated carbocycles. The van der Waals surface area contributed by atoms with Crippen molar-refractivity contribution in [2.45, 2.75) is 50.7 Å². The molecular formula is C19H23F3N4O3S. The molecule has 1 atom stereocenters. The second kappa shape index (κ2) is 7.69. The number of alkyl halides is 3. The molecule has 1 aliphatic heterocycles. The van der Waals surface area contributed by atoms with Crippen LogP contribution >= 0.6 is 0 Å². The number of anilines is 1. The molecule has 1 N–H and O–H groups in total. The molecule has 3 rings (SSSR count). The Bertz CT molecular complexity index is 1090. The van der Waals surface area contributed by atoms with Crippen molar-refractivity contribution in [1.29, 1.82) is 0 Å². The highest BCUT2D eigenvalue weighted by molar-refractivity contribution is 7.89. The molecule has 1 aromatic carbocycles. The van der Waals surface area contributed by atoms with Crippen molar-refractivity contribution < 1.29 is 26.4 Å². The summed E-state index contributed by atoms with van der Waals surface area (Å²) in [4.78, 5) is 13.2. The van der Waals surface area contributed by atoms with E-state index in [1.165, 1.54) is 55.6 Å². The number of hydrogen-bond acceptors (Lipinski definition) is 4. The summed E-state index contributed by atoms with van der Waals surface area (Å²) < 4.78 is 70.4. The number of halogens is 3. The van der Waals surface area contributed by atoms with E-state index >= 15 is 0 Å². The Hall–Kier alpha value is -2.40.